The van der Waals surface area contributed by atoms with Gasteiger partial charge in [-0.05, 0) is 37.0 Å². The summed E-state index contributed by atoms with van der Waals surface area (Å²) >= 11 is 6.18. The Morgan fingerprint density at radius 1 is 1.08 bits per heavy atom. The molecule has 0 radical (unpaired) electrons. The fourth-order valence-electron chi connectivity index (χ4n) is 3.26. The number of para-hydroxylation sites is 1. The van der Waals surface area contributed by atoms with Gasteiger partial charge in [-0.1, -0.05) is 48.0 Å². The molecule has 2 amide bonds. The Kier molecular flexibility index (Phi) is 4.17. The summed E-state index contributed by atoms with van der Waals surface area (Å²) in [4.78, 5) is 24.6. The third-order valence-electron chi connectivity index (χ3n) is 4.78. The first-order valence-corrected chi connectivity index (χ1v) is 8.77. The van der Waals surface area contributed by atoms with Gasteiger partial charge in [0.15, 0.2) is 5.76 Å². The zero-order valence-corrected chi connectivity index (χ0v) is 14.8. The molecule has 0 bridgehead atoms. The summed E-state index contributed by atoms with van der Waals surface area (Å²) < 4.78 is 5.59. The van der Waals surface area contributed by atoms with E-state index in [9.17, 15) is 9.59 Å². The van der Waals surface area contributed by atoms with E-state index in [4.69, 9.17) is 16.0 Å². The Bertz CT molecular complexity index is 1010. The molecular weight excluding hydrogens is 352 g/mol. The number of hydrogen-bond acceptors (Lipinski definition) is 3. The topological polar surface area (TPSA) is 71.3 Å². The Morgan fingerprint density at radius 3 is 2.58 bits per heavy atom. The predicted molar refractivity (Wildman–Crippen MR) is 98.9 cm³/mol. The van der Waals surface area contributed by atoms with Crippen molar-refractivity contribution in [3.05, 3.63) is 70.4 Å². The first-order valence-electron chi connectivity index (χ1n) is 8.39. The highest BCUT2D eigenvalue weighted by molar-refractivity contribution is 6.31. The molecule has 2 atom stereocenters. The van der Waals surface area contributed by atoms with E-state index in [0.717, 1.165) is 22.9 Å². The standard InChI is InChI=1S/C20H17ClN2O3/c1-11-12-6-3-5-9-17(12)26-18(11)20(25)23-22-19(24)15-10-14(15)13-7-2-4-8-16(13)21/h2-9,14-15H,10H2,1H3,(H,22,24)(H,23,25). The third kappa shape index (κ3) is 2.95. The van der Waals surface area contributed by atoms with E-state index in [0.29, 0.717) is 10.6 Å². The largest absolute Gasteiger partial charge is 0.451 e. The van der Waals surface area contributed by atoms with Crippen LogP contribution in [0.25, 0.3) is 11.0 Å². The van der Waals surface area contributed by atoms with E-state index >= 15 is 0 Å². The molecule has 0 saturated heterocycles. The van der Waals surface area contributed by atoms with Crippen molar-refractivity contribution in [1.29, 1.82) is 0 Å². The maximum Gasteiger partial charge on any atom is 0.305 e. The summed E-state index contributed by atoms with van der Waals surface area (Å²) in [7, 11) is 0. The molecule has 1 fully saturated rings. The summed E-state index contributed by atoms with van der Waals surface area (Å²) in [5.74, 6) is -0.593. The Labute approximate surface area is 155 Å². The summed E-state index contributed by atoms with van der Waals surface area (Å²) in [5.41, 5.74) is 7.29. The molecule has 1 aliphatic carbocycles. The highest BCUT2D eigenvalue weighted by Gasteiger charge is 2.45. The van der Waals surface area contributed by atoms with Gasteiger partial charge in [0.05, 0.1) is 0 Å². The molecule has 1 saturated carbocycles. The number of carbonyl (C=O) groups is 2. The summed E-state index contributed by atoms with van der Waals surface area (Å²) in [6.07, 6.45) is 0.717. The minimum atomic E-state index is -0.470. The molecule has 2 unspecified atom stereocenters. The van der Waals surface area contributed by atoms with Gasteiger partial charge >= 0.3 is 5.91 Å². The number of halogens is 1. The average molecular weight is 369 g/mol. The van der Waals surface area contributed by atoms with Crippen molar-refractivity contribution in [2.75, 3.05) is 0 Å². The Morgan fingerprint density at radius 2 is 1.81 bits per heavy atom. The van der Waals surface area contributed by atoms with Crippen LogP contribution < -0.4 is 10.9 Å². The van der Waals surface area contributed by atoms with Crippen LogP contribution in [0.3, 0.4) is 0 Å². The second-order valence-electron chi connectivity index (χ2n) is 6.47. The van der Waals surface area contributed by atoms with E-state index in [1.165, 1.54) is 0 Å². The van der Waals surface area contributed by atoms with Crippen LogP contribution in [0.2, 0.25) is 5.02 Å². The number of hydrazine groups is 1. The molecule has 1 aliphatic rings. The number of amides is 2. The van der Waals surface area contributed by atoms with Gasteiger partial charge in [-0.25, -0.2) is 0 Å². The molecular formula is C20H17ClN2O3. The minimum Gasteiger partial charge on any atom is -0.451 e. The summed E-state index contributed by atoms with van der Waals surface area (Å²) in [6.45, 7) is 1.82. The smallest absolute Gasteiger partial charge is 0.305 e. The zero-order chi connectivity index (χ0) is 18.3. The number of carbonyl (C=O) groups excluding carboxylic acids is 2. The molecule has 5 nitrogen and oxygen atoms in total. The third-order valence-corrected chi connectivity index (χ3v) is 5.13. The number of nitrogens with one attached hydrogen (secondary N) is 2. The van der Waals surface area contributed by atoms with Crippen LogP contribution >= 0.6 is 11.6 Å². The fraction of sp³-hybridized carbons (Fsp3) is 0.200. The SMILES string of the molecule is Cc1c(C(=O)NNC(=O)C2CC2c2ccccc2Cl)oc2ccccc12. The van der Waals surface area contributed by atoms with Gasteiger partial charge in [0.2, 0.25) is 5.91 Å². The quantitative estimate of drug-likeness (QED) is 0.687. The average Bonchev–Trinajstić information content (AvgIpc) is 3.38. The van der Waals surface area contributed by atoms with Crippen LogP contribution in [0.5, 0.6) is 0 Å². The maximum atomic E-state index is 12.3. The number of benzene rings is 2. The van der Waals surface area contributed by atoms with Gasteiger partial charge in [0, 0.05) is 21.9 Å². The van der Waals surface area contributed by atoms with Crippen LogP contribution in [-0.2, 0) is 4.79 Å². The van der Waals surface area contributed by atoms with Crippen LogP contribution in [0.15, 0.2) is 52.9 Å². The van der Waals surface area contributed by atoms with E-state index in [1.807, 2.05) is 49.4 Å². The summed E-state index contributed by atoms with van der Waals surface area (Å²) in [6, 6.07) is 14.9. The number of furan rings is 1. The molecule has 2 N–H and O–H groups in total. The van der Waals surface area contributed by atoms with Crippen molar-refractivity contribution < 1.29 is 14.0 Å². The maximum absolute atomic E-state index is 12.3. The van der Waals surface area contributed by atoms with Crippen molar-refractivity contribution >= 4 is 34.4 Å². The predicted octanol–water partition coefficient (Wildman–Crippen LogP) is 3.96. The molecule has 0 spiro atoms. The fourth-order valence-corrected chi connectivity index (χ4v) is 3.54. The minimum absolute atomic E-state index is 0.0912. The lowest BCUT2D eigenvalue weighted by Crippen LogP contribution is -2.42. The van der Waals surface area contributed by atoms with Crippen molar-refractivity contribution in [3.8, 4) is 0 Å². The van der Waals surface area contributed by atoms with Gasteiger partial charge in [-0.3, -0.25) is 20.4 Å². The molecule has 0 aliphatic heterocycles. The van der Waals surface area contributed by atoms with Crippen molar-refractivity contribution in [2.45, 2.75) is 19.3 Å². The lowest BCUT2D eigenvalue weighted by atomic mass is 10.1. The normalized spacial score (nSPS) is 18.5. The molecule has 6 heteroatoms. The van der Waals surface area contributed by atoms with Crippen LogP contribution in [0.1, 0.15) is 34.0 Å². The number of fused-ring (bicyclic) bond motifs is 1. The number of hydrogen-bond donors (Lipinski definition) is 2. The molecule has 1 heterocycles. The lowest BCUT2D eigenvalue weighted by molar-refractivity contribution is -0.123. The van der Waals surface area contributed by atoms with Crippen molar-refractivity contribution in [2.24, 2.45) is 5.92 Å². The van der Waals surface area contributed by atoms with Crippen molar-refractivity contribution in [1.82, 2.24) is 10.9 Å². The van der Waals surface area contributed by atoms with E-state index in [1.54, 1.807) is 6.07 Å². The Hall–Kier alpha value is -2.79. The second kappa shape index (κ2) is 6.50. The van der Waals surface area contributed by atoms with E-state index in [-0.39, 0.29) is 23.5 Å². The van der Waals surface area contributed by atoms with Crippen LogP contribution in [-0.4, -0.2) is 11.8 Å². The highest BCUT2D eigenvalue weighted by Crippen LogP contribution is 2.49. The first-order chi connectivity index (χ1) is 12.6. The zero-order valence-electron chi connectivity index (χ0n) is 14.1. The van der Waals surface area contributed by atoms with E-state index < -0.39 is 5.91 Å². The number of aryl methyl sites for hydroxylation is 1. The second-order valence-corrected chi connectivity index (χ2v) is 6.87. The van der Waals surface area contributed by atoms with Gasteiger partial charge in [-0.2, -0.15) is 0 Å². The molecule has 1 aromatic heterocycles. The van der Waals surface area contributed by atoms with Crippen LogP contribution in [0, 0.1) is 12.8 Å². The molecule has 3 aromatic rings. The lowest BCUT2D eigenvalue weighted by Gasteiger charge is -2.07. The Balaban J connectivity index is 1.40. The van der Waals surface area contributed by atoms with Gasteiger partial charge in [0.25, 0.3) is 0 Å². The molecule has 26 heavy (non-hydrogen) atoms. The molecule has 4 rings (SSSR count). The van der Waals surface area contributed by atoms with Gasteiger partial charge < -0.3 is 4.42 Å². The number of rotatable bonds is 3. The van der Waals surface area contributed by atoms with E-state index in [2.05, 4.69) is 10.9 Å². The molecule has 132 valence electrons. The van der Waals surface area contributed by atoms with Crippen molar-refractivity contribution in [3.63, 3.8) is 0 Å². The first kappa shape index (κ1) is 16.7. The highest BCUT2D eigenvalue weighted by atomic mass is 35.5. The van der Waals surface area contributed by atoms with Gasteiger partial charge in [0.1, 0.15) is 5.58 Å². The molecule has 2 aromatic carbocycles. The summed E-state index contributed by atoms with van der Waals surface area (Å²) in [5, 5.41) is 1.54. The van der Waals surface area contributed by atoms with Crippen LogP contribution in [0.4, 0.5) is 0 Å². The monoisotopic (exact) mass is 368 g/mol. The van der Waals surface area contributed by atoms with Gasteiger partial charge in [-0.15, -0.1) is 0 Å².